The third-order valence-electron chi connectivity index (χ3n) is 1.23. The summed E-state index contributed by atoms with van der Waals surface area (Å²) >= 11 is 0. The summed E-state index contributed by atoms with van der Waals surface area (Å²) < 4.78 is 43.4. The zero-order valence-corrected chi connectivity index (χ0v) is 7.96. The van der Waals surface area contributed by atoms with Gasteiger partial charge in [0.15, 0.2) is 6.61 Å². The molecule has 0 spiro atoms. The minimum atomic E-state index is -4.57. The summed E-state index contributed by atoms with van der Waals surface area (Å²) in [4.78, 5) is 14.3. The van der Waals surface area contributed by atoms with Crippen LogP contribution in [-0.2, 0) is 4.74 Å². The molecule has 1 rings (SSSR count). The van der Waals surface area contributed by atoms with Crippen LogP contribution in [0.15, 0.2) is 0 Å². The molecule has 1 amide bonds. The minimum absolute atomic E-state index is 0.0638. The van der Waals surface area contributed by atoms with Crippen LogP contribution in [0.5, 0.6) is 6.01 Å². The summed E-state index contributed by atoms with van der Waals surface area (Å²) in [5, 5.41) is 7.55. The molecule has 1 aromatic rings. The average Bonchev–Trinajstić information content (AvgIpc) is 2.61. The number of nitrogens with one attached hydrogen (secondary N) is 2. The Bertz CT molecular complexity index is 364. The van der Waals surface area contributed by atoms with Crippen LogP contribution < -0.4 is 10.1 Å². The Kier molecular flexibility index (Phi) is 3.53. The van der Waals surface area contributed by atoms with E-state index in [2.05, 4.69) is 24.7 Å². The first kappa shape index (κ1) is 12.1. The summed E-state index contributed by atoms with van der Waals surface area (Å²) in [6.07, 6.45) is -5.87. The zero-order chi connectivity index (χ0) is 12.2. The van der Waals surface area contributed by atoms with E-state index in [4.69, 9.17) is 0 Å². The van der Waals surface area contributed by atoms with Gasteiger partial charge in [0.2, 0.25) is 5.95 Å². The Balaban J connectivity index is 2.40. The highest BCUT2D eigenvalue weighted by molar-refractivity contribution is 5.82. The van der Waals surface area contributed by atoms with Crippen LogP contribution in [0.4, 0.5) is 23.9 Å². The van der Waals surface area contributed by atoms with Gasteiger partial charge in [0.25, 0.3) is 0 Å². The van der Waals surface area contributed by atoms with Crippen molar-refractivity contribution in [3.63, 3.8) is 0 Å². The predicted molar refractivity (Wildman–Crippen MR) is 44.0 cm³/mol. The number of carbonyl (C=O) groups excluding carboxylic acids is 1. The van der Waals surface area contributed by atoms with Crippen LogP contribution in [0.2, 0.25) is 0 Å². The number of anilines is 1. The molecule has 0 aromatic carbocycles. The molecule has 2 N–H and O–H groups in total. The molecular formula is C6H7F3N4O3. The maximum Gasteiger partial charge on any atom is 0.422 e. The molecule has 0 aliphatic carbocycles. The van der Waals surface area contributed by atoms with Gasteiger partial charge in [0, 0.05) is 0 Å². The molecule has 0 radical (unpaired) electrons. The van der Waals surface area contributed by atoms with Crippen molar-refractivity contribution < 1.29 is 27.4 Å². The number of aromatic nitrogens is 3. The van der Waals surface area contributed by atoms with Crippen molar-refractivity contribution in [3.8, 4) is 6.01 Å². The number of aromatic amines is 1. The van der Waals surface area contributed by atoms with Crippen LogP contribution in [0.3, 0.4) is 0 Å². The molecule has 0 aliphatic heterocycles. The maximum atomic E-state index is 11.7. The van der Waals surface area contributed by atoms with Crippen molar-refractivity contribution in [1.82, 2.24) is 15.2 Å². The topological polar surface area (TPSA) is 89.1 Å². The van der Waals surface area contributed by atoms with Crippen LogP contribution in [0.1, 0.15) is 0 Å². The van der Waals surface area contributed by atoms with Crippen LogP contribution in [0.25, 0.3) is 0 Å². The van der Waals surface area contributed by atoms with E-state index in [0.717, 1.165) is 0 Å². The lowest BCUT2D eigenvalue weighted by Gasteiger charge is -2.06. The van der Waals surface area contributed by atoms with E-state index in [1.165, 1.54) is 7.11 Å². The fourth-order valence-electron chi connectivity index (χ4n) is 0.674. The average molecular weight is 240 g/mol. The Hall–Kier alpha value is -2.00. The second kappa shape index (κ2) is 4.68. The third-order valence-corrected chi connectivity index (χ3v) is 1.23. The van der Waals surface area contributed by atoms with Gasteiger partial charge in [0.05, 0.1) is 7.11 Å². The first-order valence-electron chi connectivity index (χ1n) is 3.87. The van der Waals surface area contributed by atoms with Gasteiger partial charge in [0.1, 0.15) is 0 Å². The van der Waals surface area contributed by atoms with E-state index < -0.39 is 18.9 Å². The lowest BCUT2D eigenvalue weighted by Crippen LogP contribution is -2.23. The molecule has 0 aliphatic rings. The molecule has 0 saturated carbocycles. The molecule has 1 aromatic heterocycles. The molecule has 1 heterocycles. The Morgan fingerprint density at radius 1 is 1.56 bits per heavy atom. The van der Waals surface area contributed by atoms with Gasteiger partial charge in [-0.25, -0.2) is 9.89 Å². The van der Waals surface area contributed by atoms with Gasteiger partial charge < -0.3 is 9.47 Å². The highest BCUT2D eigenvalue weighted by Crippen LogP contribution is 2.14. The summed E-state index contributed by atoms with van der Waals surface area (Å²) in [6.45, 7) is -1.68. The van der Waals surface area contributed by atoms with E-state index in [-0.39, 0.29) is 12.0 Å². The molecule has 0 saturated heterocycles. The lowest BCUT2D eigenvalue weighted by molar-refractivity contribution is -0.159. The Morgan fingerprint density at radius 3 is 2.75 bits per heavy atom. The summed E-state index contributed by atoms with van der Waals surface area (Å²) in [7, 11) is 1.29. The molecule has 90 valence electrons. The number of carbonyl (C=O) groups is 1. The molecule has 0 bridgehead atoms. The molecule has 7 nitrogen and oxygen atoms in total. The van der Waals surface area contributed by atoms with Crippen LogP contribution >= 0.6 is 0 Å². The van der Waals surface area contributed by atoms with E-state index in [0.29, 0.717) is 0 Å². The van der Waals surface area contributed by atoms with Crippen molar-refractivity contribution in [2.75, 3.05) is 19.0 Å². The van der Waals surface area contributed by atoms with Gasteiger partial charge in [-0.2, -0.15) is 18.2 Å². The first-order valence-corrected chi connectivity index (χ1v) is 3.87. The van der Waals surface area contributed by atoms with Gasteiger partial charge in [-0.1, -0.05) is 0 Å². The Morgan fingerprint density at radius 2 is 2.25 bits per heavy atom. The second-order valence-corrected chi connectivity index (χ2v) is 2.49. The minimum Gasteiger partial charge on any atom is -0.466 e. The summed E-state index contributed by atoms with van der Waals surface area (Å²) in [5.74, 6) is -0.177. The number of rotatable bonds is 3. The van der Waals surface area contributed by atoms with E-state index in [1.807, 2.05) is 5.32 Å². The van der Waals surface area contributed by atoms with E-state index in [9.17, 15) is 18.0 Å². The fraction of sp³-hybridized carbons (Fsp3) is 0.500. The van der Waals surface area contributed by atoms with Gasteiger partial charge in [-0.15, -0.1) is 5.10 Å². The monoisotopic (exact) mass is 240 g/mol. The molecule has 0 unspecified atom stereocenters. The van der Waals surface area contributed by atoms with E-state index in [1.54, 1.807) is 0 Å². The van der Waals surface area contributed by atoms with Gasteiger partial charge in [-0.05, 0) is 0 Å². The largest absolute Gasteiger partial charge is 0.466 e. The number of alkyl halides is 3. The van der Waals surface area contributed by atoms with Crippen molar-refractivity contribution in [1.29, 1.82) is 0 Å². The van der Waals surface area contributed by atoms with E-state index >= 15 is 0 Å². The second-order valence-electron chi connectivity index (χ2n) is 2.49. The number of ether oxygens (including phenoxy) is 2. The quantitative estimate of drug-likeness (QED) is 0.820. The molecule has 0 fully saturated rings. The highest BCUT2D eigenvalue weighted by atomic mass is 19.4. The van der Waals surface area contributed by atoms with Crippen molar-refractivity contribution in [3.05, 3.63) is 0 Å². The number of hydrogen-bond donors (Lipinski definition) is 2. The zero-order valence-electron chi connectivity index (χ0n) is 7.96. The smallest absolute Gasteiger partial charge is 0.422 e. The number of amides is 1. The van der Waals surface area contributed by atoms with Gasteiger partial charge >= 0.3 is 18.3 Å². The SMILES string of the molecule is COc1n[nH]c(NC(=O)OCC(F)(F)F)n1. The third kappa shape index (κ3) is 4.02. The van der Waals surface area contributed by atoms with Gasteiger partial charge in [-0.3, -0.25) is 5.32 Å². The summed E-state index contributed by atoms with van der Waals surface area (Å²) in [6, 6.07) is -0.0638. The normalized spacial score (nSPS) is 11.0. The summed E-state index contributed by atoms with van der Waals surface area (Å²) in [5.41, 5.74) is 0. The lowest BCUT2D eigenvalue weighted by atomic mass is 10.7. The van der Waals surface area contributed by atoms with Crippen molar-refractivity contribution >= 4 is 12.0 Å². The fourth-order valence-corrected chi connectivity index (χ4v) is 0.674. The molecule has 16 heavy (non-hydrogen) atoms. The van der Waals surface area contributed by atoms with Crippen LogP contribution in [0, 0.1) is 0 Å². The van der Waals surface area contributed by atoms with Crippen molar-refractivity contribution in [2.45, 2.75) is 6.18 Å². The highest BCUT2D eigenvalue weighted by Gasteiger charge is 2.29. The van der Waals surface area contributed by atoms with Crippen LogP contribution in [-0.4, -0.2) is 41.2 Å². The molecular weight excluding hydrogens is 233 g/mol. The number of halogens is 3. The number of hydrogen-bond acceptors (Lipinski definition) is 5. The number of H-pyrrole nitrogens is 1. The standard InChI is InChI=1S/C6H7F3N4O3/c1-15-4-10-3(12-13-4)11-5(14)16-2-6(7,8)9/h2H2,1H3,(H2,10,11,12,13,14). The Labute approximate surface area is 86.9 Å². The molecule has 10 heteroatoms. The predicted octanol–water partition coefficient (Wildman–Crippen LogP) is 0.924. The maximum absolute atomic E-state index is 11.7. The van der Waals surface area contributed by atoms with Crippen molar-refractivity contribution in [2.24, 2.45) is 0 Å². The first-order chi connectivity index (χ1) is 7.40. The number of methoxy groups -OCH3 is 1. The molecule has 0 atom stereocenters. The number of nitrogens with zero attached hydrogens (tertiary/aromatic N) is 2.